The number of carbonyl (C=O) groups excluding carboxylic acids is 1. The van der Waals surface area contributed by atoms with Gasteiger partial charge in [-0.3, -0.25) is 4.79 Å². The van der Waals surface area contributed by atoms with Crippen molar-refractivity contribution in [1.82, 2.24) is 4.98 Å². The summed E-state index contributed by atoms with van der Waals surface area (Å²) in [5, 5.41) is 11.3. The Morgan fingerprint density at radius 1 is 1.14 bits per heavy atom. The highest BCUT2D eigenvalue weighted by molar-refractivity contribution is 6.04. The first-order valence-corrected chi connectivity index (χ1v) is 7.98. The molecule has 0 aliphatic heterocycles. The van der Waals surface area contributed by atoms with Gasteiger partial charge in [-0.05, 0) is 43.2 Å². The average molecular weight is 398 g/mol. The van der Waals surface area contributed by atoms with Gasteiger partial charge in [0.15, 0.2) is 13.2 Å². The van der Waals surface area contributed by atoms with Crippen LogP contribution in [0.2, 0.25) is 0 Å². The molecule has 0 saturated carbocycles. The molecule has 150 valence electrons. The summed E-state index contributed by atoms with van der Waals surface area (Å²) in [6.07, 6.45) is -3.29. The van der Waals surface area contributed by atoms with E-state index in [0.717, 1.165) is 0 Å². The Labute approximate surface area is 158 Å². The lowest BCUT2D eigenvalue weighted by Gasteiger charge is -2.13. The standard InChI is InChI=1S/C18H17F3N2O5/c1-10-5-12(6-11(2)16(10)27-8-15(24)25)17(26)23-13-3-4-14(22-7-13)28-9-18(19,20)21/h3-7H,8-9H2,1-2H3,(H,23,26)(H,24,25). The van der Waals surface area contributed by atoms with E-state index in [0.29, 0.717) is 22.4 Å². The molecule has 1 amide bonds. The quantitative estimate of drug-likeness (QED) is 0.742. The fourth-order valence-electron chi connectivity index (χ4n) is 2.34. The largest absolute Gasteiger partial charge is 0.481 e. The molecule has 1 aromatic carbocycles. The number of pyridine rings is 1. The third kappa shape index (κ3) is 6.15. The lowest BCUT2D eigenvalue weighted by Crippen LogP contribution is -2.19. The molecule has 10 heteroatoms. The molecule has 1 aromatic heterocycles. The van der Waals surface area contributed by atoms with Gasteiger partial charge < -0.3 is 19.9 Å². The first-order valence-electron chi connectivity index (χ1n) is 7.98. The Balaban J connectivity index is 2.05. The van der Waals surface area contributed by atoms with Crippen molar-refractivity contribution in [2.75, 3.05) is 18.5 Å². The van der Waals surface area contributed by atoms with Crippen LogP contribution >= 0.6 is 0 Å². The van der Waals surface area contributed by atoms with E-state index in [1.807, 2.05) is 0 Å². The molecule has 2 N–H and O–H groups in total. The Morgan fingerprint density at radius 2 is 1.79 bits per heavy atom. The SMILES string of the molecule is Cc1cc(C(=O)Nc2ccc(OCC(F)(F)F)nc2)cc(C)c1OCC(=O)O. The number of rotatable bonds is 7. The maximum atomic E-state index is 12.4. The van der Waals surface area contributed by atoms with Crippen molar-refractivity contribution in [3.05, 3.63) is 47.2 Å². The number of carbonyl (C=O) groups is 2. The second-order valence-electron chi connectivity index (χ2n) is 5.86. The molecule has 0 spiro atoms. The Kier molecular flexibility index (Phi) is 6.45. The number of halogens is 3. The van der Waals surface area contributed by atoms with Crippen LogP contribution in [0.15, 0.2) is 30.5 Å². The van der Waals surface area contributed by atoms with Gasteiger partial charge in [0.2, 0.25) is 5.88 Å². The molecule has 7 nitrogen and oxygen atoms in total. The number of carboxylic acid groups (broad SMARTS) is 1. The summed E-state index contributed by atoms with van der Waals surface area (Å²) in [5.74, 6) is -1.42. The van der Waals surface area contributed by atoms with Gasteiger partial charge in [-0.15, -0.1) is 0 Å². The number of carboxylic acids is 1. The van der Waals surface area contributed by atoms with E-state index in [1.54, 1.807) is 13.8 Å². The Hall–Kier alpha value is -3.30. The molecule has 0 saturated heterocycles. The molecule has 0 unspecified atom stereocenters. The number of nitrogens with one attached hydrogen (secondary N) is 1. The molecule has 0 aliphatic rings. The van der Waals surface area contributed by atoms with E-state index in [2.05, 4.69) is 15.0 Å². The molecule has 1 heterocycles. The lowest BCUT2D eigenvalue weighted by molar-refractivity contribution is -0.154. The number of hydrogen-bond donors (Lipinski definition) is 2. The van der Waals surface area contributed by atoms with Crippen molar-refractivity contribution in [1.29, 1.82) is 0 Å². The van der Waals surface area contributed by atoms with E-state index in [1.165, 1.54) is 30.5 Å². The van der Waals surface area contributed by atoms with Gasteiger partial charge in [-0.25, -0.2) is 9.78 Å². The third-order valence-electron chi connectivity index (χ3n) is 3.44. The minimum Gasteiger partial charge on any atom is -0.481 e. The zero-order valence-electron chi connectivity index (χ0n) is 15.0. The molecule has 0 fully saturated rings. The number of aryl methyl sites for hydroxylation is 2. The maximum absolute atomic E-state index is 12.4. The number of anilines is 1. The topological polar surface area (TPSA) is 97.8 Å². The predicted octanol–water partition coefficient (Wildman–Crippen LogP) is 3.36. The van der Waals surface area contributed by atoms with Crippen molar-refractivity contribution >= 4 is 17.6 Å². The number of aliphatic carboxylic acids is 1. The summed E-state index contributed by atoms with van der Waals surface area (Å²) in [7, 11) is 0. The minimum absolute atomic E-state index is 0.220. The highest BCUT2D eigenvalue weighted by Crippen LogP contribution is 2.25. The van der Waals surface area contributed by atoms with E-state index in [4.69, 9.17) is 9.84 Å². The van der Waals surface area contributed by atoms with Gasteiger partial charge >= 0.3 is 12.1 Å². The number of hydrogen-bond acceptors (Lipinski definition) is 5. The zero-order chi connectivity index (χ0) is 20.9. The highest BCUT2D eigenvalue weighted by Gasteiger charge is 2.28. The summed E-state index contributed by atoms with van der Waals surface area (Å²) >= 11 is 0. The van der Waals surface area contributed by atoms with Crippen molar-refractivity contribution < 1.29 is 37.3 Å². The lowest BCUT2D eigenvalue weighted by atomic mass is 10.0. The molecule has 28 heavy (non-hydrogen) atoms. The monoisotopic (exact) mass is 398 g/mol. The van der Waals surface area contributed by atoms with Gasteiger partial charge in [-0.2, -0.15) is 13.2 Å². The van der Waals surface area contributed by atoms with Gasteiger partial charge in [0.1, 0.15) is 5.75 Å². The Morgan fingerprint density at radius 3 is 2.29 bits per heavy atom. The van der Waals surface area contributed by atoms with E-state index in [-0.39, 0.29) is 11.6 Å². The average Bonchev–Trinajstić information content (AvgIpc) is 2.59. The minimum atomic E-state index is -4.47. The van der Waals surface area contributed by atoms with Crippen LogP contribution in [0.25, 0.3) is 0 Å². The normalized spacial score (nSPS) is 11.0. The molecule has 0 bridgehead atoms. The van der Waals surface area contributed by atoms with E-state index >= 15 is 0 Å². The van der Waals surface area contributed by atoms with Crippen molar-refractivity contribution in [3.8, 4) is 11.6 Å². The van der Waals surface area contributed by atoms with Gasteiger partial charge in [-0.1, -0.05) is 0 Å². The molecule has 2 rings (SSSR count). The fraction of sp³-hybridized carbons (Fsp3) is 0.278. The van der Waals surface area contributed by atoms with Gasteiger partial charge in [0, 0.05) is 11.6 Å². The number of amides is 1. The number of ether oxygens (including phenoxy) is 2. The Bertz CT molecular complexity index is 844. The second kappa shape index (κ2) is 8.59. The van der Waals surface area contributed by atoms with Crippen LogP contribution in [0.5, 0.6) is 11.6 Å². The summed E-state index contributed by atoms with van der Waals surface area (Å²) in [6, 6.07) is 5.64. The van der Waals surface area contributed by atoms with Crippen LogP contribution in [-0.2, 0) is 4.79 Å². The van der Waals surface area contributed by atoms with Crippen LogP contribution in [0, 0.1) is 13.8 Å². The van der Waals surface area contributed by atoms with Crippen LogP contribution < -0.4 is 14.8 Å². The number of alkyl halides is 3. The fourth-order valence-corrected chi connectivity index (χ4v) is 2.34. The van der Waals surface area contributed by atoms with Crippen LogP contribution in [0.3, 0.4) is 0 Å². The second-order valence-corrected chi connectivity index (χ2v) is 5.86. The van der Waals surface area contributed by atoms with E-state index in [9.17, 15) is 22.8 Å². The van der Waals surface area contributed by atoms with Crippen LogP contribution in [-0.4, -0.2) is 41.4 Å². The molecular weight excluding hydrogens is 381 g/mol. The molecule has 0 radical (unpaired) electrons. The molecule has 0 aliphatic carbocycles. The smallest absolute Gasteiger partial charge is 0.422 e. The van der Waals surface area contributed by atoms with E-state index < -0.39 is 31.3 Å². The van der Waals surface area contributed by atoms with Gasteiger partial charge in [0.25, 0.3) is 5.91 Å². The number of aromatic nitrogens is 1. The summed E-state index contributed by atoms with van der Waals surface area (Å²) in [6.45, 7) is 1.40. The zero-order valence-corrected chi connectivity index (χ0v) is 15.0. The maximum Gasteiger partial charge on any atom is 0.422 e. The summed E-state index contributed by atoms with van der Waals surface area (Å²) < 4.78 is 46.0. The first-order chi connectivity index (χ1) is 13.0. The van der Waals surface area contributed by atoms with Crippen LogP contribution in [0.1, 0.15) is 21.5 Å². The number of nitrogens with zero attached hydrogens (tertiary/aromatic N) is 1. The molecule has 0 atom stereocenters. The van der Waals surface area contributed by atoms with Crippen molar-refractivity contribution in [2.45, 2.75) is 20.0 Å². The molecule has 2 aromatic rings. The third-order valence-corrected chi connectivity index (χ3v) is 3.44. The highest BCUT2D eigenvalue weighted by atomic mass is 19.4. The van der Waals surface area contributed by atoms with Crippen LogP contribution in [0.4, 0.5) is 18.9 Å². The van der Waals surface area contributed by atoms with Crippen molar-refractivity contribution in [3.63, 3.8) is 0 Å². The summed E-state index contributed by atoms with van der Waals surface area (Å²) in [4.78, 5) is 26.7. The van der Waals surface area contributed by atoms with Crippen molar-refractivity contribution in [2.24, 2.45) is 0 Å². The molecular formula is C18H17F3N2O5. The van der Waals surface area contributed by atoms with Gasteiger partial charge in [0.05, 0.1) is 11.9 Å². The number of benzene rings is 1. The summed E-state index contributed by atoms with van der Waals surface area (Å²) in [5.41, 5.74) is 1.74. The predicted molar refractivity (Wildman–Crippen MR) is 92.8 cm³/mol. The first kappa shape index (κ1) is 21.0.